The van der Waals surface area contributed by atoms with Gasteiger partial charge in [0.05, 0.1) is 0 Å². The molecule has 1 aliphatic carbocycles. The normalized spacial score (nSPS) is 16.0. The molecule has 0 spiro atoms. The van der Waals surface area contributed by atoms with Crippen LogP contribution in [0.25, 0.3) is 6.08 Å². The van der Waals surface area contributed by atoms with Crippen molar-refractivity contribution in [1.29, 1.82) is 0 Å². The summed E-state index contributed by atoms with van der Waals surface area (Å²) in [5, 5.41) is 5.41. The highest BCUT2D eigenvalue weighted by Crippen LogP contribution is 2.17. The van der Waals surface area contributed by atoms with Crippen molar-refractivity contribution in [3.8, 4) is 0 Å². The molecule has 0 heterocycles. The number of hydrogen-bond acceptors (Lipinski definition) is 4. The third-order valence-corrected chi connectivity index (χ3v) is 4.45. The topological polar surface area (TPSA) is 84.5 Å². The molecule has 146 valence electrons. The molecule has 0 aliphatic heterocycles. The van der Waals surface area contributed by atoms with E-state index in [2.05, 4.69) is 10.6 Å². The van der Waals surface area contributed by atoms with Gasteiger partial charge in [-0.1, -0.05) is 62.4 Å². The van der Waals surface area contributed by atoms with Crippen LogP contribution >= 0.6 is 0 Å². The SMILES string of the molecule is CC(=O)NC(=Cc1ccccc1)C(=O)OCC(=O)NC1CCCCCCC1. The monoisotopic (exact) mass is 372 g/mol. The van der Waals surface area contributed by atoms with Gasteiger partial charge in [-0.05, 0) is 24.5 Å². The van der Waals surface area contributed by atoms with Crippen LogP contribution in [0.4, 0.5) is 0 Å². The second kappa shape index (κ2) is 11.2. The summed E-state index contributed by atoms with van der Waals surface area (Å²) in [6.07, 6.45) is 9.33. The first-order valence-electron chi connectivity index (χ1n) is 9.55. The van der Waals surface area contributed by atoms with E-state index in [4.69, 9.17) is 4.74 Å². The van der Waals surface area contributed by atoms with E-state index in [9.17, 15) is 14.4 Å². The predicted octanol–water partition coefficient (Wildman–Crippen LogP) is 2.94. The molecule has 0 bridgehead atoms. The van der Waals surface area contributed by atoms with E-state index in [1.54, 1.807) is 12.1 Å². The standard InChI is InChI=1S/C21H28N2O4/c1-16(24)22-19(14-17-10-6-5-7-11-17)21(26)27-15-20(25)23-18-12-8-3-2-4-9-13-18/h5-7,10-11,14,18H,2-4,8-9,12-13,15H2,1H3,(H,22,24)(H,23,25). The minimum absolute atomic E-state index is 0.00690. The maximum absolute atomic E-state index is 12.3. The maximum Gasteiger partial charge on any atom is 0.355 e. The quantitative estimate of drug-likeness (QED) is 0.594. The van der Waals surface area contributed by atoms with E-state index >= 15 is 0 Å². The molecule has 0 atom stereocenters. The van der Waals surface area contributed by atoms with Crippen molar-refractivity contribution >= 4 is 23.9 Å². The number of benzene rings is 1. The van der Waals surface area contributed by atoms with E-state index in [1.807, 2.05) is 18.2 Å². The van der Waals surface area contributed by atoms with Gasteiger partial charge < -0.3 is 15.4 Å². The Bertz CT molecular complexity index is 662. The van der Waals surface area contributed by atoms with Crippen LogP contribution in [-0.2, 0) is 19.1 Å². The number of ether oxygens (including phenoxy) is 1. The summed E-state index contributed by atoms with van der Waals surface area (Å²) in [6, 6.07) is 9.25. The van der Waals surface area contributed by atoms with E-state index < -0.39 is 5.97 Å². The third kappa shape index (κ3) is 8.07. The van der Waals surface area contributed by atoms with Gasteiger partial charge in [0.25, 0.3) is 5.91 Å². The molecule has 2 amide bonds. The van der Waals surface area contributed by atoms with E-state index in [1.165, 1.54) is 32.3 Å². The minimum Gasteiger partial charge on any atom is -0.451 e. The second-order valence-corrected chi connectivity index (χ2v) is 6.84. The van der Waals surface area contributed by atoms with Gasteiger partial charge in [0.1, 0.15) is 5.70 Å². The van der Waals surface area contributed by atoms with Crippen LogP contribution in [0.15, 0.2) is 36.0 Å². The summed E-state index contributed by atoms with van der Waals surface area (Å²) >= 11 is 0. The van der Waals surface area contributed by atoms with Crippen LogP contribution in [-0.4, -0.2) is 30.4 Å². The summed E-state index contributed by atoms with van der Waals surface area (Å²) in [5.41, 5.74) is 0.754. The molecule has 0 aromatic heterocycles. The van der Waals surface area contributed by atoms with Gasteiger partial charge in [-0.15, -0.1) is 0 Å². The number of rotatable bonds is 6. The molecule has 6 heteroatoms. The zero-order valence-corrected chi connectivity index (χ0v) is 15.8. The molecular formula is C21H28N2O4. The highest BCUT2D eigenvalue weighted by atomic mass is 16.5. The smallest absolute Gasteiger partial charge is 0.355 e. The maximum atomic E-state index is 12.3. The summed E-state index contributed by atoms with van der Waals surface area (Å²) in [7, 11) is 0. The first kappa shape index (κ1) is 20.7. The zero-order chi connectivity index (χ0) is 19.5. The minimum atomic E-state index is -0.734. The van der Waals surface area contributed by atoms with Crippen LogP contribution in [0.5, 0.6) is 0 Å². The molecule has 1 aromatic carbocycles. The molecule has 1 aromatic rings. The molecule has 6 nitrogen and oxygen atoms in total. The van der Waals surface area contributed by atoms with E-state index in [0.29, 0.717) is 0 Å². The van der Waals surface area contributed by atoms with Crippen molar-refractivity contribution in [3.63, 3.8) is 0 Å². The number of carbonyl (C=O) groups excluding carboxylic acids is 3. The Balaban J connectivity index is 1.89. The number of hydrogen-bond donors (Lipinski definition) is 2. The first-order valence-corrected chi connectivity index (χ1v) is 9.55. The average Bonchev–Trinajstić information content (AvgIpc) is 2.62. The average molecular weight is 372 g/mol. The fraction of sp³-hybridized carbons (Fsp3) is 0.476. The molecule has 0 saturated heterocycles. The summed E-state index contributed by atoms with van der Waals surface area (Å²) in [4.78, 5) is 35.8. The van der Waals surface area contributed by atoms with Gasteiger partial charge in [-0.25, -0.2) is 4.79 Å². The van der Waals surface area contributed by atoms with Gasteiger partial charge >= 0.3 is 5.97 Å². The number of amides is 2. The van der Waals surface area contributed by atoms with Gasteiger partial charge in [0.15, 0.2) is 6.61 Å². The number of esters is 1. The van der Waals surface area contributed by atoms with Crippen molar-refractivity contribution in [3.05, 3.63) is 41.6 Å². The number of carbonyl (C=O) groups is 3. The third-order valence-electron chi connectivity index (χ3n) is 4.45. The van der Waals surface area contributed by atoms with E-state index in [-0.39, 0.29) is 30.2 Å². The van der Waals surface area contributed by atoms with Gasteiger partial charge in [0.2, 0.25) is 5.91 Å². The van der Waals surface area contributed by atoms with Crippen LogP contribution in [0, 0.1) is 0 Å². The van der Waals surface area contributed by atoms with Crippen LogP contribution in [0.1, 0.15) is 57.4 Å². The van der Waals surface area contributed by atoms with Gasteiger partial charge in [-0.3, -0.25) is 9.59 Å². The van der Waals surface area contributed by atoms with Gasteiger partial charge in [0, 0.05) is 13.0 Å². The van der Waals surface area contributed by atoms with Gasteiger partial charge in [-0.2, -0.15) is 0 Å². The molecule has 1 saturated carbocycles. The molecule has 2 rings (SSSR count). The highest BCUT2D eigenvalue weighted by Gasteiger charge is 2.17. The van der Waals surface area contributed by atoms with Crippen molar-refractivity contribution in [1.82, 2.24) is 10.6 Å². The lowest BCUT2D eigenvalue weighted by Crippen LogP contribution is -2.38. The summed E-state index contributed by atoms with van der Waals surface area (Å²) < 4.78 is 5.10. The van der Waals surface area contributed by atoms with Crippen molar-refractivity contribution in [2.75, 3.05) is 6.61 Å². The molecular weight excluding hydrogens is 344 g/mol. The number of nitrogens with one attached hydrogen (secondary N) is 2. The van der Waals surface area contributed by atoms with Crippen LogP contribution < -0.4 is 10.6 Å². The first-order chi connectivity index (χ1) is 13.0. The molecule has 0 unspecified atom stereocenters. The van der Waals surface area contributed by atoms with E-state index in [0.717, 1.165) is 31.2 Å². The lowest BCUT2D eigenvalue weighted by Gasteiger charge is -2.21. The largest absolute Gasteiger partial charge is 0.451 e. The van der Waals surface area contributed by atoms with Crippen molar-refractivity contribution < 1.29 is 19.1 Å². The lowest BCUT2D eigenvalue weighted by atomic mass is 9.97. The zero-order valence-electron chi connectivity index (χ0n) is 15.8. The summed E-state index contributed by atoms with van der Waals surface area (Å²) in [5.74, 6) is -1.43. The fourth-order valence-electron chi connectivity index (χ4n) is 3.13. The molecule has 27 heavy (non-hydrogen) atoms. The molecule has 2 N–H and O–H groups in total. The molecule has 0 radical (unpaired) electrons. The Morgan fingerprint density at radius 2 is 1.67 bits per heavy atom. The molecule has 1 aliphatic rings. The molecule has 1 fully saturated rings. The fourth-order valence-corrected chi connectivity index (χ4v) is 3.13. The Labute approximate surface area is 160 Å². The Hall–Kier alpha value is -2.63. The lowest BCUT2D eigenvalue weighted by molar-refractivity contribution is -0.145. The second-order valence-electron chi connectivity index (χ2n) is 6.84. The summed E-state index contributed by atoms with van der Waals surface area (Å²) in [6.45, 7) is 0.953. The van der Waals surface area contributed by atoms with Crippen LogP contribution in [0.3, 0.4) is 0 Å². The van der Waals surface area contributed by atoms with Crippen molar-refractivity contribution in [2.45, 2.75) is 57.9 Å². The Kier molecular flexibility index (Phi) is 8.55. The predicted molar refractivity (Wildman–Crippen MR) is 103 cm³/mol. The van der Waals surface area contributed by atoms with Crippen LogP contribution in [0.2, 0.25) is 0 Å². The Morgan fingerprint density at radius 3 is 2.30 bits per heavy atom. The Morgan fingerprint density at radius 1 is 1.04 bits per heavy atom. The van der Waals surface area contributed by atoms with Crippen molar-refractivity contribution in [2.24, 2.45) is 0 Å². The highest BCUT2D eigenvalue weighted by molar-refractivity contribution is 5.98.